The Hall–Kier alpha value is -4.82. The molecule has 0 spiro atoms. The van der Waals surface area contributed by atoms with Gasteiger partial charge in [0.15, 0.2) is 5.69 Å². The van der Waals surface area contributed by atoms with Crippen molar-refractivity contribution in [3.8, 4) is 67.0 Å². The van der Waals surface area contributed by atoms with Crippen LogP contribution in [0.1, 0.15) is 56.2 Å². The van der Waals surface area contributed by atoms with Gasteiger partial charge in [0.2, 0.25) is 0 Å². The van der Waals surface area contributed by atoms with Crippen LogP contribution in [0.5, 0.6) is 0 Å². The summed E-state index contributed by atoms with van der Waals surface area (Å²) in [6.07, 6.45) is 1.99. The first-order chi connectivity index (χ1) is 21.3. The summed E-state index contributed by atoms with van der Waals surface area (Å²) >= 11 is 0. The van der Waals surface area contributed by atoms with Crippen LogP contribution in [0.4, 0.5) is 0 Å². The summed E-state index contributed by atoms with van der Waals surface area (Å²) in [5.74, 6) is 0.807. The van der Waals surface area contributed by atoms with E-state index in [4.69, 9.17) is 4.98 Å². The zero-order valence-electron chi connectivity index (χ0n) is 26.5. The fourth-order valence-electron chi connectivity index (χ4n) is 7.02. The highest BCUT2D eigenvalue weighted by Gasteiger charge is 2.26. The lowest BCUT2D eigenvalue weighted by atomic mass is 9.79. The number of aromatic nitrogens is 2. The Bertz CT molecular complexity index is 2020. The van der Waals surface area contributed by atoms with Crippen LogP contribution in [0, 0.1) is 6.92 Å². The lowest BCUT2D eigenvalue weighted by molar-refractivity contribution is -0.663. The average molecular weight is 572 g/mol. The summed E-state index contributed by atoms with van der Waals surface area (Å²) in [4.78, 5) is 5.02. The molecule has 1 aliphatic carbocycles. The van der Waals surface area contributed by atoms with Crippen LogP contribution in [0.15, 0.2) is 116 Å². The maximum absolute atomic E-state index is 5.02. The third-order valence-corrected chi connectivity index (χ3v) is 9.23. The molecule has 0 fully saturated rings. The van der Waals surface area contributed by atoms with Gasteiger partial charge in [-0.05, 0) is 91.0 Å². The second-order valence-corrected chi connectivity index (χ2v) is 12.7. The van der Waals surface area contributed by atoms with Gasteiger partial charge in [-0.25, -0.2) is 4.57 Å². The van der Waals surface area contributed by atoms with Crippen molar-refractivity contribution in [2.24, 2.45) is 7.05 Å². The predicted molar refractivity (Wildman–Crippen MR) is 185 cm³/mol. The summed E-state index contributed by atoms with van der Waals surface area (Å²) < 4.78 is 2.17. The van der Waals surface area contributed by atoms with E-state index in [1.807, 2.05) is 6.33 Å². The third kappa shape index (κ3) is 4.57. The van der Waals surface area contributed by atoms with Gasteiger partial charge in [-0.1, -0.05) is 125 Å². The molecule has 0 radical (unpaired) electrons. The fourth-order valence-corrected chi connectivity index (χ4v) is 7.02. The van der Waals surface area contributed by atoms with Gasteiger partial charge in [0.1, 0.15) is 5.69 Å². The SMILES string of the molecule is Cc1cc2c(cc1-c1cc(-c3c(C(C)C)cccc3C(C)C)nc[n+]1C)-c1ccccc1-c1ccccc1-c1ccccc1-2. The van der Waals surface area contributed by atoms with Crippen molar-refractivity contribution in [2.75, 3.05) is 0 Å². The standard InChI is InChI=1S/C42H39N2/c1-26(2)29-20-13-21-30(27(3)4)42(29)40-24-41(44(6)25-43-40)37-23-39-36-19-12-10-17-34(36)32-15-8-7-14-31(32)33-16-9-11-18-35(33)38(39)22-28(37)5/h7-27H,1-6H3/q+1. The molecule has 0 amide bonds. The molecule has 0 N–H and O–H groups in total. The Kier molecular flexibility index (Phi) is 7.01. The van der Waals surface area contributed by atoms with Crippen molar-refractivity contribution in [2.45, 2.75) is 46.5 Å². The molecular weight excluding hydrogens is 532 g/mol. The van der Waals surface area contributed by atoms with Crippen LogP contribution >= 0.6 is 0 Å². The van der Waals surface area contributed by atoms with Gasteiger partial charge >= 0.3 is 0 Å². The molecule has 5 aromatic carbocycles. The molecule has 2 nitrogen and oxygen atoms in total. The first-order valence-electron chi connectivity index (χ1n) is 15.8. The molecule has 1 aromatic heterocycles. The number of fused-ring (bicyclic) bond motifs is 8. The van der Waals surface area contributed by atoms with Crippen molar-refractivity contribution >= 4 is 0 Å². The molecular formula is C42H39N2+. The van der Waals surface area contributed by atoms with Crippen molar-refractivity contribution in [1.29, 1.82) is 0 Å². The number of hydrogen-bond donors (Lipinski definition) is 0. The monoisotopic (exact) mass is 571 g/mol. The maximum Gasteiger partial charge on any atom is 0.287 e. The van der Waals surface area contributed by atoms with Crippen LogP contribution < -0.4 is 4.57 Å². The number of benzene rings is 5. The molecule has 44 heavy (non-hydrogen) atoms. The number of rotatable bonds is 4. The summed E-state index contributed by atoms with van der Waals surface area (Å²) in [6.45, 7) is 11.4. The van der Waals surface area contributed by atoms with E-state index in [0.29, 0.717) is 11.8 Å². The Morgan fingerprint density at radius 1 is 0.500 bits per heavy atom. The van der Waals surface area contributed by atoms with E-state index in [1.54, 1.807) is 0 Å². The highest BCUT2D eigenvalue weighted by atomic mass is 15.0. The maximum atomic E-state index is 5.02. The van der Waals surface area contributed by atoms with E-state index in [9.17, 15) is 0 Å². The number of hydrogen-bond acceptors (Lipinski definition) is 1. The Balaban J connectivity index is 1.51. The molecule has 6 aromatic rings. The average Bonchev–Trinajstić information content (AvgIpc) is 3.04. The molecule has 0 bridgehead atoms. The minimum atomic E-state index is 0.403. The van der Waals surface area contributed by atoms with Gasteiger partial charge < -0.3 is 0 Å². The number of nitrogens with zero attached hydrogens (tertiary/aromatic N) is 2. The van der Waals surface area contributed by atoms with Gasteiger partial charge in [0, 0.05) is 17.2 Å². The minimum absolute atomic E-state index is 0.403. The first kappa shape index (κ1) is 28.0. The molecule has 0 saturated heterocycles. The van der Waals surface area contributed by atoms with Gasteiger partial charge in [-0.15, -0.1) is 0 Å². The third-order valence-electron chi connectivity index (χ3n) is 9.23. The zero-order valence-corrected chi connectivity index (χ0v) is 26.5. The molecule has 0 aliphatic heterocycles. The van der Waals surface area contributed by atoms with Crippen molar-refractivity contribution in [1.82, 2.24) is 4.98 Å². The van der Waals surface area contributed by atoms with E-state index in [2.05, 4.69) is 155 Å². The summed E-state index contributed by atoms with van der Waals surface area (Å²) in [5, 5.41) is 0. The quantitative estimate of drug-likeness (QED) is 0.192. The highest BCUT2D eigenvalue weighted by Crippen LogP contribution is 2.49. The molecule has 0 atom stereocenters. The minimum Gasteiger partial charge on any atom is -0.232 e. The van der Waals surface area contributed by atoms with Crippen LogP contribution in [0.3, 0.4) is 0 Å². The second-order valence-electron chi connectivity index (χ2n) is 12.7. The normalized spacial score (nSPS) is 11.8. The molecule has 1 heterocycles. The Morgan fingerprint density at radius 2 is 0.932 bits per heavy atom. The van der Waals surface area contributed by atoms with Crippen molar-refractivity contribution < 1.29 is 4.57 Å². The van der Waals surface area contributed by atoms with E-state index < -0.39 is 0 Å². The highest BCUT2D eigenvalue weighted by molar-refractivity contribution is 6.04. The van der Waals surface area contributed by atoms with Gasteiger partial charge in [-0.3, -0.25) is 0 Å². The summed E-state index contributed by atoms with van der Waals surface area (Å²) in [6, 6.07) is 40.4. The fraction of sp³-hybridized carbons (Fsp3) is 0.190. The van der Waals surface area contributed by atoms with Crippen LogP contribution in [-0.4, -0.2) is 4.98 Å². The zero-order chi connectivity index (χ0) is 30.5. The van der Waals surface area contributed by atoms with Crippen molar-refractivity contribution in [3.63, 3.8) is 0 Å². The van der Waals surface area contributed by atoms with Gasteiger partial charge in [-0.2, -0.15) is 0 Å². The van der Waals surface area contributed by atoms with E-state index in [1.165, 1.54) is 72.3 Å². The lowest BCUT2D eigenvalue weighted by Gasteiger charge is -2.24. The van der Waals surface area contributed by atoms with Crippen molar-refractivity contribution in [3.05, 3.63) is 132 Å². The van der Waals surface area contributed by atoms with Gasteiger partial charge in [0.05, 0.1) is 7.05 Å². The second kappa shape index (κ2) is 11.0. The lowest BCUT2D eigenvalue weighted by Crippen LogP contribution is -2.31. The largest absolute Gasteiger partial charge is 0.287 e. The topological polar surface area (TPSA) is 16.8 Å². The Labute approximate surface area is 261 Å². The molecule has 0 unspecified atom stereocenters. The summed E-state index contributed by atoms with van der Waals surface area (Å²) in [7, 11) is 2.11. The van der Waals surface area contributed by atoms with E-state index in [0.717, 1.165) is 11.4 Å². The van der Waals surface area contributed by atoms with Crippen LogP contribution in [0.2, 0.25) is 0 Å². The number of aryl methyl sites for hydroxylation is 2. The molecule has 216 valence electrons. The van der Waals surface area contributed by atoms with E-state index >= 15 is 0 Å². The van der Waals surface area contributed by atoms with E-state index in [-0.39, 0.29) is 0 Å². The van der Waals surface area contributed by atoms with Gasteiger partial charge in [0.25, 0.3) is 6.33 Å². The Morgan fingerprint density at radius 3 is 1.39 bits per heavy atom. The van der Waals surface area contributed by atoms with Crippen LogP contribution in [0.25, 0.3) is 67.0 Å². The smallest absolute Gasteiger partial charge is 0.232 e. The molecule has 7 rings (SSSR count). The van der Waals surface area contributed by atoms with Crippen LogP contribution in [-0.2, 0) is 7.05 Å². The molecule has 2 heteroatoms. The molecule has 1 aliphatic rings. The summed E-state index contributed by atoms with van der Waals surface area (Å²) in [5.41, 5.74) is 18.8. The first-order valence-corrected chi connectivity index (χ1v) is 15.8. The predicted octanol–water partition coefficient (Wildman–Crippen LogP) is 10.8. The molecule has 0 saturated carbocycles.